The molecular weight excluding hydrogens is 314 g/mol. The monoisotopic (exact) mass is 333 g/mol. The van der Waals surface area contributed by atoms with Gasteiger partial charge in [0.05, 0.1) is 6.61 Å². The van der Waals surface area contributed by atoms with E-state index in [4.69, 9.17) is 9.47 Å². The Morgan fingerprint density at radius 1 is 0.960 bits per heavy atom. The van der Waals surface area contributed by atoms with Gasteiger partial charge in [0.2, 0.25) is 5.88 Å². The minimum absolute atomic E-state index is 0.475. The predicted octanol–water partition coefficient (Wildman–Crippen LogP) is 4.54. The van der Waals surface area contributed by atoms with E-state index in [1.54, 1.807) is 12.3 Å². The van der Waals surface area contributed by atoms with E-state index in [-0.39, 0.29) is 0 Å². The fourth-order valence-corrected chi connectivity index (χ4v) is 2.47. The molecule has 1 heterocycles. The van der Waals surface area contributed by atoms with Crippen molar-refractivity contribution in [2.24, 2.45) is 0 Å². The molecule has 0 aliphatic heterocycles. The van der Waals surface area contributed by atoms with Gasteiger partial charge in [0, 0.05) is 23.4 Å². The van der Waals surface area contributed by atoms with Crippen molar-refractivity contribution in [3.05, 3.63) is 78.0 Å². The number of ether oxygens (including phenoxy) is 2. The van der Waals surface area contributed by atoms with Crippen LogP contribution in [0.3, 0.4) is 0 Å². The molecule has 25 heavy (non-hydrogen) atoms. The first kappa shape index (κ1) is 16.7. The smallest absolute Gasteiger partial charge is 0.213 e. The topological polar surface area (TPSA) is 48.4 Å². The highest BCUT2D eigenvalue weighted by Crippen LogP contribution is 2.26. The lowest BCUT2D eigenvalue weighted by Crippen LogP contribution is -1.97. The molecule has 2 aromatic carbocycles. The van der Waals surface area contributed by atoms with Crippen LogP contribution in [0.2, 0.25) is 0 Å². The van der Waals surface area contributed by atoms with Crippen LogP contribution in [0.5, 0.6) is 11.6 Å². The largest absolute Gasteiger partial charge is 0.494 e. The molecule has 0 N–H and O–H groups in total. The molecule has 3 aromatic rings. The Balaban J connectivity index is 1.75. The molecule has 0 bridgehead atoms. The minimum Gasteiger partial charge on any atom is -0.494 e. The van der Waals surface area contributed by atoms with Crippen LogP contribution in [0.25, 0.3) is 11.1 Å². The first-order chi connectivity index (χ1) is 12.3. The highest BCUT2D eigenvalue weighted by atomic mass is 16.5. The molecule has 0 saturated heterocycles. The number of aldehydes is 1. The number of rotatable bonds is 7. The first-order valence-electron chi connectivity index (χ1n) is 8.14. The molecule has 0 saturated carbocycles. The summed E-state index contributed by atoms with van der Waals surface area (Å²) in [5, 5.41) is 0. The molecule has 4 heteroatoms. The molecule has 0 spiro atoms. The van der Waals surface area contributed by atoms with E-state index in [1.807, 2.05) is 61.5 Å². The number of pyridine rings is 1. The number of hydrogen-bond acceptors (Lipinski definition) is 4. The van der Waals surface area contributed by atoms with Crippen molar-refractivity contribution < 1.29 is 14.3 Å². The van der Waals surface area contributed by atoms with Gasteiger partial charge in [-0.25, -0.2) is 4.98 Å². The Labute approximate surface area is 147 Å². The Bertz CT molecular complexity index is 830. The van der Waals surface area contributed by atoms with Crippen LogP contribution in [-0.2, 0) is 6.61 Å². The van der Waals surface area contributed by atoms with Crippen molar-refractivity contribution in [3.8, 4) is 22.8 Å². The average molecular weight is 333 g/mol. The van der Waals surface area contributed by atoms with E-state index in [0.29, 0.717) is 30.4 Å². The third-order valence-electron chi connectivity index (χ3n) is 3.68. The zero-order valence-electron chi connectivity index (χ0n) is 14.0. The van der Waals surface area contributed by atoms with Gasteiger partial charge < -0.3 is 9.47 Å². The molecule has 1 aromatic heterocycles. The number of carbonyl (C=O) groups excluding carboxylic acids is 1. The number of nitrogens with zero attached hydrogens (tertiary/aromatic N) is 1. The summed E-state index contributed by atoms with van der Waals surface area (Å²) in [6.45, 7) is 2.93. The van der Waals surface area contributed by atoms with Crippen LogP contribution in [0, 0.1) is 0 Å². The fourth-order valence-electron chi connectivity index (χ4n) is 2.47. The van der Waals surface area contributed by atoms with Gasteiger partial charge in [-0.15, -0.1) is 0 Å². The summed E-state index contributed by atoms with van der Waals surface area (Å²) in [6, 6.07) is 19.1. The van der Waals surface area contributed by atoms with Crippen molar-refractivity contribution in [1.29, 1.82) is 0 Å². The van der Waals surface area contributed by atoms with Crippen LogP contribution in [0.1, 0.15) is 22.8 Å². The Kier molecular flexibility index (Phi) is 5.42. The van der Waals surface area contributed by atoms with Gasteiger partial charge in [-0.05, 0) is 42.3 Å². The van der Waals surface area contributed by atoms with Crippen LogP contribution in [0.4, 0.5) is 0 Å². The van der Waals surface area contributed by atoms with Crippen LogP contribution in [0.15, 0.2) is 66.9 Å². The van der Waals surface area contributed by atoms with Gasteiger partial charge in [0.15, 0.2) is 0 Å². The van der Waals surface area contributed by atoms with Crippen LogP contribution < -0.4 is 9.47 Å². The summed E-state index contributed by atoms with van der Waals surface area (Å²) in [4.78, 5) is 15.5. The summed E-state index contributed by atoms with van der Waals surface area (Å²) in [5.41, 5.74) is 3.45. The molecule has 0 aliphatic carbocycles. The molecule has 0 fully saturated rings. The second-order valence-electron chi connectivity index (χ2n) is 5.50. The van der Waals surface area contributed by atoms with Gasteiger partial charge in [-0.1, -0.05) is 30.3 Å². The number of hydrogen-bond donors (Lipinski definition) is 0. The zero-order valence-corrected chi connectivity index (χ0v) is 14.0. The molecule has 0 aliphatic rings. The van der Waals surface area contributed by atoms with E-state index >= 15 is 0 Å². The standard InChI is InChI=1S/C21H19NO3/c1-2-24-20-11-17(14-23)10-19(12-20)18-8-9-21(22-13-18)25-15-16-6-4-3-5-7-16/h3-14H,2,15H2,1H3. The summed E-state index contributed by atoms with van der Waals surface area (Å²) in [5.74, 6) is 1.23. The molecule has 0 amide bonds. The van der Waals surface area contributed by atoms with E-state index in [9.17, 15) is 4.79 Å². The lowest BCUT2D eigenvalue weighted by molar-refractivity contribution is 0.112. The highest BCUT2D eigenvalue weighted by molar-refractivity contribution is 5.80. The maximum Gasteiger partial charge on any atom is 0.213 e. The maximum atomic E-state index is 11.1. The van der Waals surface area contributed by atoms with E-state index in [2.05, 4.69) is 4.98 Å². The Morgan fingerprint density at radius 3 is 2.48 bits per heavy atom. The normalized spacial score (nSPS) is 10.3. The molecule has 0 radical (unpaired) electrons. The molecule has 0 atom stereocenters. The lowest BCUT2D eigenvalue weighted by Gasteiger charge is -2.09. The molecule has 0 unspecified atom stereocenters. The minimum atomic E-state index is 0.475. The van der Waals surface area contributed by atoms with E-state index in [1.165, 1.54) is 0 Å². The van der Waals surface area contributed by atoms with Gasteiger partial charge in [-0.2, -0.15) is 0 Å². The average Bonchev–Trinajstić information content (AvgIpc) is 2.67. The van der Waals surface area contributed by atoms with Crippen molar-refractivity contribution in [2.45, 2.75) is 13.5 Å². The molecular formula is C21H19NO3. The number of aromatic nitrogens is 1. The Hall–Kier alpha value is -3.14. The van der Waals surface area contributed by atoms with E-state index in [0.717, 1.165) is 23.0 Å². The summed E-state index contributed by atoms with van der Waals surface area (Å²) >= 11 is 0. The number of benzene rings is 2. The maximum absolute atomic E-state index is 11.1. The van der Waals surface area contributed by atoms with Gasteiger partial charge >= 0.3 is 0 Å². The molecule has 3 rings (SSSR count). The van der Waals surface area contributed by atoms with Crippen LogP contribution in [-0.4, -0.2) is 17.9 Å². The first-order valence-corrected chi connectivity index (χ1v) is 8.14. The Morgan fingerprint density at radius 2 is 1.80 bits per heavy atom. The van der Waals surface area contributed by atoms with Gasteiger partial charge in [0.25, 0.3) is 0 Å². The fraction of sp³-hybridized carbons (Fsp3) is 0.143. The molecule has 126 valence electrons. The van der Waals surface area contributed by atoms with Crippen molar-refractivity contribution in [1.82, 2.24) is 4.98 Å². The second kappa shape index (κ2) is 8.11. The van der Waals surface area contributed by atoms with Crippen molar-refractivity contribution in [3.63, 3.8) is 0 Å². The quantitative estimate of drug-likeness (QED) is 0.596. The second-order valence-corrected chi connectivity index (χ2v) is 5.50. The summed E-state index contributed by atoms with van der Waals surface area (Å²) in [7, 11) is 0. The van der Waals surface area contributed by atoms with Gasteiger partial charge in [-0.3, -0.25) is 4.79 Å². The SMILES string of the molecule is CCOc1cc(C=O)cc(-c2ccc(OCc3ccccc3)nc2)c1. The predicted molar refractivity (Wildman–Crippen MR) is 97.0 cm³/mol. The molecule has 4 nitrogen and oxygen atoms in total. The van der Waals surface area contributed by atoms with Crippen LogP contribution >= 0.6 is 0 Å². The highest BCUT2D eigenvalue weighted by Gasteiger charge is 2.05. The summed E-state index contributed by atoms with van der Waals surface area (Å²) < 4.78 is 11.2. The zero-order chi connectivity index (χ0) is 17.5. The lowest BCUT2D eigenvalue weighted by atomic mass is 10.0. The number of carbonyl (C=O) groups is 1. The summed E-state index contributed by atoms with van der Waals surface area (Å²) in [6.07, 6.45) is 2.55. The third kappa shape index (κ3) is 4.44. The third-order valence-corrected chi connectivity index (χ3v) is 3.68. The van der Waals surface area contributed by atoms with Gasteiger partial charge in [0.1, 0.15) is 18.6 Å². The van der Waals surface area contributed by atoms with Crippen molar-refractivity contribution >= 4 is 6.29 Å². The van der Waals surface area contributed by atoms with Crippen molar-refractivity contribution in [2.75, 3.05) is 6.61 Å². The van der Waals surface area contributed by atoms with E-state index < -0.39 is 0 Å².